The van der Waals surface area contributed by atoms with Crippen LogP contribution in [0.1, 0.15) is 23.2 Å². The Bertz CT molecular complexity index is 549. The summed E-state index contributed by atoms with van der Waals surface area (Å²) in [4.78, 5) is 4.53. The number of thiazole rings is 1. The van der Waals surface area contributed by atoms with Crippen molar-refractivity contribution in [1.29, 1.82) is 0 Å². The van der Waals surface area contributed by atoms with Crippen LogP contribution in [0, 0.1) is 6.92 Å². The molecule has 0 fully saturated rings. The molecular formula is C15H18Cl2N2S. The third-order valence-corrected chi connectivity index (χ3v) is 4.66. The van der Waals surface area contributed by atoms with Gasteiger partial charge in [-0.2, -0.15) is 0 Å². The molecule has 0 saturated heterocycles. The fourth-order valence-corrected chi connectivity index (χ4v) is 3.41. The van der Waals surface area contributed by atoms with Crippen molar-refractivity contribution >= 4 is 34.5 Å². The van der Waals surface area contributed by atoms with E-state index in [1.807, 2.05) is 25.1 Å². The molecule has 1 aromatic carbocycles. The van der Waals surface area contributed by atoms with Gasteiger partial charge in [0, 0.05) is 27.9 Å². The lowest BCUT2D eigenvalue weighted by Crippen LogP contribution is -2.33. The van der Waals surface area contributed by atoms with E-state index in [-0.39, 0.29) is 0 Å². The lowest BCUT2D eigenvalue weighted by atomic mass is 10.0. The van der Waals surface area contributed by atoms with E-state index in [0.29, 0.717) is 6.04 Å². The summed E-state index contributed by atoms with van der Waals surface area (Å²) >= 11 is 14.2. The molecule has 0 spiro atoms. The van der Waals surface area contributed by atoms with E-state index < -0.39 is 0 Å². The Kier molecular flexibility index (Phi) is 5.85. The number of aromatic nitrogens is 1. The SMILES string of the molecule is CCNC(Cc1csc(C)n1)Cc1c(Cl)cccc1Cl. The molecule has 1 N–H and O–H groups in total. The molecule has 1 aromatic heterocycles. The second-order valence-electron chi connectivity index (χ2n) is 4.72. The predicted molar refractivity (Wildman–Crippen MR) is 88.2 cm³/mol. The first kappa shape index (κ1) is 15.8. The van der Waals surface area contributed by atoms with Crippen molar-refractivity contribution in [3.05, 3.63) is 49.9 Å². The van der Waals surface area contributed by atoms with E-state index in [1.54, 1.807) is 11.3 Å². The number of hydrogen-bond acceptors (Lipinski definition) is 3. The van der Waals surface area contributed by atoms with Crippen LogP contribution in [0.15, 0.2) is 23.6 Å². The summed E-state index contributed by atoms with van der Waals surface area (Å²) in [6.07, 6.45) is 1.70. The first-order valence-electron chi connectivity index (χ1n) is 6.67. The van der Waals surface area contributed by atoms with Crippen molar-refractivity contribution in [2.45, 2.75) is 32.7 Å². The standard InChI is InChI=1S/C15H18Cl2N2S/c1-3-18-11(7-12-9-20-10(2)19-12)8-13-14(16)5-4-6-15(13)17/h4-6,9,11,18H,3,7-8H2,1-2H3. The van der Waals surface area contributed by atoms with Crippen LogP contribution < -0.4 is 5.32 Å². The highest BCUT2D eigenvalue weighted by Gasteiger charge is 2.15. The van der Waals surface area contributed by atoms with Gasteiger partial charge in [0.05, 0.1) is 10.7 Å². The maximum atomic E-state index is 6.26. The van der Waals surface area contributed by atoms with Gasteiger partial charge in [-0.1, -0.05) is 36.2 Å². The Morgan fingerprint density at radius 3 is 2.50 bits per heavy atom. The van der Waals surface area contributed by atoms with Crippen molar-refractivity contribution < 1.29 is 0 Å². The Morgan fingerprint density at radius 2 is 1.95 bits per heavy atom. The number of rotatable bonds is 6. The Labute approximate surface area is 134 Å². The Hall–Kier alpha value is -0.610. The maximum absolute atomic E-state index is 6.26. The number of halogens is 2. The van der Waals surface area contributed by atoms with Crippen molar-refractivity contribution in [3.63, 3.8) is 0 Å². The van der Waals surface area contributed by atoms with Crippen LogP contribution in [0.3, 0.4) is 0 Å². The van der Waals surface area contributed by atoms with Crippen LogP contribution in [0.25, 0.3) is 0 Å². The number of likely N-dealkylation sites (N-methyl/N-ethyl adjacent to an activating group) is 1. The molecule has 108 valence electrons. The summed E-state index contributed by atoms with van der Waals surface area (Å²) in [7, 11) is 0. The number of nitrogens with one attached hydrogen (secondary N) is 1. The van der Waals surface area contributed by atoms with Gasteiger partial charge in [0.2, 0.25) is 0 Å². The van der Waals surface area contributed by atoms with E-state index in [2.05, 4.69) is 22.6 Å². The molecule has 20 heavy (non-hydrogen) atoms. The highest BCUT2D eigenvalue weighted by Crippen LogP contribution is 2.26. The normalized spacial score (nSPS) is 12.6. The number of benzene rings is 1. The molecule has 5 heteroatoms. The fraction of sp³-hybridized carbons (Fsp3) is 0.400. The molecule has 0 radical (unpaired) electrons. The monoisotopic (exact) mass is 328 g/mol. The summed E-state index contributed by atoms with van der Waals surface area (Å²) in [5.41, 5.74) is 2.13. The summed E-state index contributed by atoms with van der Waals surface area (Å²) in [6, 6.07) is 5.94. The molecule has 1 unspecified atom stereocenters. The Balaban J connectivity index is 2.13. The van der Waals surface area contributed by atoms with Crippen LogP contribution in [0.5, 0.6) is 0 Å². The molecule has 1 heterocycles. The molecule has 0 bridgehead atoms. The second kappa shape index (κ2) is 7.41. The van der Waals surface area contributed by atoms with Crippen molar-refractivity contribution in [2.24, 2.45) is 0 Å². The molecule has 1 atom stereocenters. The summed E-state index contributed by atoms with van der Waals surface area (Å²) in [5.74, 6) is 0. The minimum Gasteiger partial charge on any atom is -0.314 e. The fourth-order valence-electron chi connectivity index (χ4n) is 2.23. The van der Waals surface area contributed by atoms with Gasteiger partial charge >= 0.3 is 0 Å². The highest BCUT2D eigenvalue weighted by molar-refractivity contribution is 7.09. The molecular weight excluding hydrogens is 311 g/mol. The van der Waals surface area contributed by atoms with Gasteiger partial charge in [-0.25, -0.2) is 4.98 Å². The zero-order valence-electron chi connectivity index (χ0n) is 11.6. The average molecular weight is 329 g/mol. The van der Waals surface area contributed by atoms with Gasteiger partial charge in [0.1, 0.15) is 0 Å². The third-order valence-electron chi connectivity index (χ3n) is 3.13. The van der Waals surface area contributed by atoms with Crippen LogP contribution in [0.2, 0.25) is 10.0 Å². The number of aryl methyl sites for hydroxylation is 1. The summed E-state index contributed by atoms with van der Waals surface area (Å²) in [5, 5.41) is 8.18. The van der Waals surface area contributed by atoms with Crippen LogP contribution in [-0.2, 0) is 12.8 Å². The molecule has 2 aromatic rings. The van der Waals surface area contributed by atoms with Gasteiger partial charge in [-0.3, -0.25) is 0 Å². The van der Waals surface area contributed by atoms with E-state index >= 15 is 0 Å². The summed E-state index contributed by atoms with van der Waals surface area (Å²) in [6.45, 7) is 5.05. The summed E-state index contributed by atoms with van der Waals surface area (Å²) < 4.78 is 0. The number of nitrogens with zero attached hydrogens (tertiary/aromatic N) is 1. The average Bonchev–Trinajstić information content (AvgIpc) is 2.80. The molecule has 0 aliphatic carbocycles. The molecule has 0 amide bonds. The smallest absolute Gasteiger partial charge is 0.0897 e. The second-order valence-corrected chi connectivity index (χ2v) is 6.60. The van der Waals surface area contributed by atoms with E-state index in [9.17, 15) is 0 Å². The Morgan fingerprint density at radius 1 is 1.25 bits per heavy atom. The van der Waals surface area contributed by atoms with Gasteiger partial charge in [-0.15, -0.1) is 11.3 Å². The quantitative estimate of drug-likeness (QED) is 0.843. The zero-order chi connectivity index (χ0) is 14.5. The molecule has 2 nitrogen and oxygen atoms in total. The third kappa shape index (κ3) is 4.19. The van der Waals surface area contributed by atoms with Gasteiger partial charge in [-0.05, 0) is 37.6 Å². The van der Waals surface area contributed by atoms with Crippen LogP contribution in [0.4, 0.5) is 0 Å². The van der Waals surface area contributed by atoms with Crippen molar-refractivity contribution in [1.82, 2.24) is 10.3 Å². The lowest BCUT2D eigenvalue weighted by molar-refractivity contribution is 0.517. The van der Waals surface area contributed by atoms with Crippen LogP contribution >= 0.6 is 34.5 Å². The lowest BCUT2D eigenvalue weighted by Gasteiger charge is -2.18. The van der Waals surface area contributed by atoms with E-state index in [4.69, 9.17) is 23.2 Å². The van der Waals surface area contributed by atoms with Gasteiger partial charge < -0.3 is 5.32 Å². The largest absolute Gasteiger partial charge is 0.314 e. The zero-order valence-corrected chi connectivity index (χ0v) is 13.9. The predicted octanol–water partition coefficient (Wildman–Crippen LogP) is 4.52. The minimum atomic E-state index is 0.291. The first-order valence-corrected chi connectivity index (χ1v) is 8.31. The molecule has 2 rings (SSSR count). The minimum absolute atomic E-state index is 0.291. The topological polar surface area (TPSA) is 24.9 Å². The number of hydrogen-bond donors (Lipinski definition) is 1. The first-order chi connectivity index (χ1) is 9.60. The molecule has 0 aliphatic rings. The van der Waals surface area contributed by atoms with E-state index in [0.717, 1.165) is 45.7 Å². The highest BCUT2D eigenvalue weighted by atomic mass is 35.5. The maximum Gasteiger partial charge on any atom is 0.0897 e. The van der Waals surface area contributed by atoms with Gasteiger partial charge in [0.25, 0.3) is 0 Å². The van der Waals surface area contributed by atoms with Crippen molar-refractivity contribution in [3.8, 4) is 0 Å². The molecule has 0 saturated carbocycles. The van der Waals surface area contributed by atoms with E-state index in [1.165, 1.54) is 0 Å². The van der Waals surface area contributed by atoms with Crippen molar-refractivity contribution in [2.75, 3.05) is 6.54 Å². The molecule has 0 aliphatic heterocycles. The van der Waals surface area contributed by atoms with Crippen LogP contribution in [-0.4, -0.2) is 17.6 Å². The van der Waals surface area contributed by atoms with Gasteiger partial charge in [0.15, 0.2) is 0 Å².